The zero-order valence-electron chi connectivity index (χ0n) is 14.1. The number of benzene rings is 2. The van der Waals surface area contributed by atoms with E-state index < -0.39 is 0 Å². The highest BCUT2D eigenvalue weighted by Crippen LogP contribution is 2.26. The van der Waals surface area contributed by atoms with Crippen LogP contribution in [0.1, 0.15) is 34.8 Å². The van der Waals surface area contributed by atoms with E-state index in [1.807, 2.05) is 35.2 Å². The molecule has 1 amide bonds. The van der Waals surface area contributed by atoms with Crippen molar-refractivity contribution in [2.75, 3.05) is 25.0 Å². The van der Waals surface area contributed by atoms with Crippen LogP contribution in [0, 0.1) is 0 Å². The van der Waals surface area contributed by atoms with E-state index in [0.29, 0.717) is 0 Å². The van der Waals surface area contributed by atoms with Gasteiger partial charge >= 0.3 is 0 Å². The molecule has 24 heavy (non-hydrogen) atoms. The van der Waals surface area contributed by atoms with Crippen LogP contribution in [0.15, 0.2) is 48.5 Å². The fourth-order valence-corrected chi connectivity index (χ4v) is 3.19. The molecule has 0 atom stereocenters. The highest BCUT2D eigenvalue weighted by molar-refractivity contribution is 5.97. The number of carbonyl (C=O) groups is 1. The van der Waals surface area contributed by atoms with E-state index in [1.54, 1.807) is 0 Å². The minimum absolute atomic E-state index is 0. The van der Waals surface area contributed by atoms with Crippen LogP contribution in [-0.4, -0.2) is 30.4 Å². The molecule has 4 heteroatoms. The summed E-state index contributed by atoms with van der Waals surface area (Å²) < 4.78 is 0. The number of hydrogen-bond donors (Lipinski definition) is 1. The molecule has 128 valence electrons. The molecule has 0 radical (unpaired) electrons. The first-order valence-electron chi connectivity index (χ1n) is 8.48. The molecule has 0 aromatic heterocycles. The van der Waals surface area contributed by atoms with Crippen molar-refractivity contribution < 1.29 is 4.79 Å². The zero-order valence-corrected chi connectivity index (χ0v) is 14.9. The van der Waals surface area contributed by atoms with Gasteiger partial charge in [-0.25, -0.2) is 0 Å². The second-order valence-electron chi connectivity index (χ2n) is 5.98. The summed E-state index contributed by atoms with van der Waals surface area (Å²) >= 11 is 0. The summed E-state index contributed by atoms with van der Waals surface area (Å²) in [7, 11) is 0. The first-order valence-corrected chi connectivity index (χ1v) is 8.48. The third kappa shape index (κ3) is 4.09. The second-order valence-corrected chi connectivity index (χ2v) is 5.98. The van der Waals surface area contributed by atoms with E-state index in [4.69, 9.17) is 0 Å². The van der Waals surface area contributed by atoms with Crippen LogP contribution in [0.5, 0.6) is 0 Å². The summed E-state index contributed by atoms with van der Waals surface area (Å²) in [6, 6.07) is 16.4. The van der Waals surface area contributed by atoms with Gasteiger partial charge in [0.1, 0.15) is 0 Å². The summed E-state index contributed by atoms with van der Waals surface area (Å²) in [6.45, 7) is 4.55. The van der Waals surface area contributed by atoms with Crippen molar-refractivity contribution in [3.05, 3.63) is 65.2 Å². The SMILES string of the molecule is CCN(CCc1ccccc1)C(=O)c1cccc2c1CCCN2.Cl. The number of nitrogens with zero attached hydrogens (tertiary/aromatic N) is 1. The van der Waals surface area contributed by atoms with Gasteiger partial charge in [-0.1, -0.05) is 36.4 Å². The van der Waals surface area contributed by atoms with Crippen molar-refractivity contribution in [1.82, 2.24) is 4.90 Å². The monoisotopic (exact) mass is 344 g/mol. The van der Waals surface area contributed by atoms with Gasteiger partial charge in [-0.2, -0.15) is 0 Å². The fourth-order valence-electron chi connectivity index (χ4n) is 3.19. The summed E-state index contributed by atoms with van der Waals surface area (Å²) in [5.41, 5.74) is 4.45. The van der Waals surface area contributed by atoms with Gasteiger partial charge in [0, 0.05) is 30.9 Å². The number of nitrogens with one attached hydrogen (secondary N) is 1. The molecule has 1 heterocycles. The van der Waals surface area contributed by atoms with Crippen molar-refractivity contribution in [1.29, 1.82) is 0 Å². The molecule has 3 rings (SSSR count). The molecule has 0 bridgehead atoms. The van der Waals surface area contributed by atoms with Crippen LogP contribution in [0.25, 0.3) is 0 Å². The Bertz CT molecular complexity index is 673. The number of anilines is 1. The smallest absolute Gasteiger partial charge is 0.254 e. The van der Waals surface area contributed by atoms with Crippen molar-refractivity contribution in [2.45, 2.75) is 26.2 Å². The van der Waals surface area contributed by atoms with Crippen LogP contribution >= 0.6 is 12.4 Å². The van der Waals surface area contributed by atoms with Crippen LogP contribution < -0.4 is 5.32 Å². The highest BCUT2D eigenvalue weighted by Gasteiger charge is 2.21. The number of halogens is 1. The van der Waals surface area contributed by atoms with Crippen molar-refractivity contribution in [2.24, 2.45) is 0 Å². The molecule has 1 aliphatic rings. The van der Waals surface area contributed by atoms with Crippen molar-refractivity contribution >= 4 is 24.0 Å². The Morgan fingerprint density at radius 1 is 1.12 bits per heavy atom. The van der Waals surface area contributed by atoms with Crippen LogP contribution in [0.4, 0.5) is 5.69 Å². The number of carbonyl (C=O) groups excluding carboxylic acids is 1. The molecule has 0 saturated carbocycles. The Morgan fingerprint density at radius 3 is 2.67 bits per heavy atom. The molecular formula is C20H25ClN2O. The molecule has 0 unspecified atom stereocenters. The summed E-state index contributed by atoms with van der Waals surface area (Å²) in [5, 5.41) is 3.40. The Hall–Kier alpha value is -2.00. The number of fused-ring (bicyclic) bond motifs is 1. The first-order chi connectivity index (χ1) is 11.3. The lowest BCUT2D eigenvalue weighted by atomic mass is 9.96. The highest BCUT2D eigenvalue weighted by atomic mass is 35.5. The predicted octanol–water partition coefficient (Wildman–Crippen LogP) is 4.17. The van der Waals surface area contributed by atoms with Crippen LogP contribution in [0.3, 0.4) is 0 Å². The topological polar surface area (TPSA) is 32.3 Å². The number of amides is 1. The summed E-state index contributed by atoms with van der Waals surface area (Å²) in [4.78, 5) is 14.9. The molecule has 0 spiro atoms. The molecule has 0 fully saturated rings. The van der Waals surface area contributed by atoms with Gasteiger partial charge in [0.05, 0.1) is 0 Å². The van der Waals surface area contributed by atoms with E-state index in [1.165, 1.54) is 11.1 Å². The maximum atomic E-state index is 13.0. The van der Waals surface area contributed by atoms with Crippen molar-refractivity contribution in [3.8, 4) is 0 Å². The predicted molar refractivity (Wildman–Crippen MR) is 102 cm³/mol. The van der Waals surface area contributed by atoms with E-state index in [0.717, 1.165) is 50.1 Å². The van der Waals surface area contributed by atoms with Gasteiger partial charge in [-0.15, -0.1) is 12.4 Å². The van der Waals surface area contributed by atoms with Gasteiger partial charge in [0.15, 0.2) is 0 Å². The maximum absolute atomic E-state index is 13.0. The van der Waals surface area contributed by atoms with E-state index in [9.17, 15) is 4.79 Å². The minimum Gasteiger partial charge on any atom is -0.385 e. The second kappa shape index (κ2) is 8.74. The van der Waals surface area contributed by atoms with Gasteiger partial charge in [0.25, 0.3) is 5.91 Å². The molecule has 1 N–H and O–H groups in total. The average molecular weight is 345 g/mol. The van der Waals surface area contributed by atoms with Crippen LogP contribution in [0.2, 0.25) is 0 Å². The van der Waals surface area contributed by atoms with Gasteiger partial charge in [-0.3, -0.25) is 4.79 Å². The Labute approximate surface area is 150 Å². The fraction of sp³-hybridized carbons (Fsp3) is 0.350. The molecule has 1 aliphatic heterocycles. The maximum Gasteiger partial charge on any atom is 0.254 e. The van der Waals surface area contributed by atoms with Gasteiger partial charge < -0.3 is 10.2 Å². The first kappa shape index (κ1) is 18.3. The Balaban J connectivity index is 0.00000208. The third-order valence-electron chi connectivity index (χ3n) is 4.51. The number of rotatable bonds is 5. The lowest BCUT2D eigenvalue weighted by Crippen LogP contribution is -2.34. The average Bonchev–Trinajstić information content (AvgIpc) is 2.62. The number of likely N-dealkylation sites (N-methyl/N-ethyl adjacent to an activating group) is 1. The largest absolute Gasteiger partial charge is 0.385 e. The standard InChI is InChI=1S/C20H24N2O.ClH/c1-2-22(15-13-16-8-4-3-5-9-16)20(23)18-10-6-12-19-17(18)11-7-14-21-19;/h3-6,8-10,12,21H,2,7,11,13-15H2,1H3;1H. The third-order valence-corrected chi connectivity index (χ3v) is 4.51. The molecular weight excluding hydrogens is 320 g/mol. The lowest BCUT2D eigenvalue weighted by molar-refractivity contribution is 0.0765. The van der Waals surface area contributed by atoms with Crippen LogP contribution in [-0.2, 0) is 12.8 Å². The van der Waals surface area contributed by atoms with Gasteiger partial charge in [0.2, 0.25) is 0 Å². The minimum atomic E-state index is 0. The summed E-state index contributed by atoms with van der Waals surface area (Å²) in [6.07, 6.45) is 2.97. The normalized spacial score (nSPS) is 12.5. The Morgan fingerprint density at radius 2 is 1.92 bits per heavy atom. The molecule has 3 nitrogen and oxygen atoms in total. The molecule has 2 aromatic rings. The molecule has 0 aliphatic carbocycles. The number of hydrogen-bond acceptors (Lipinski definition) is 2. The van der Waals surface area contributed by atoms with Crippen molar-refractivity contribution in [3.63, 3.8) is 0 Å². The molecule has 2 aromatic carbocycles. The quantitative estimate of drug-likeness (QED) is 0.882. The molecule has 0 saturated heterocycles. The van der Waals surface area contributed by atoms with E-state index in [2.05, 4.69) is 30.4 Å². The van der Waals surface area contributed by atoms with E-state index in [-0.39, 0.29) is 18.3 Å². The zero-order chi connectivity index (χ0) is 16.1. The van der Waals surface area contributed by atoms with E-state index >= 15 is 0 Å². The summed E-state index contributed by atoms with van der Waals surface area (Å²) in [5.74, 6) is 0.156. The Kier molecular flexibility index (Phi) is 6.68. The van der Waals surface area contributed by atoms with Gasteiger partial charge in [-0.05, 0) is 49.4 Å². The lowest BCUT2D eigenvalue weighted by Gasteiger charge is -2.25.